The fraction of sp³-hybridized carbons (Fsp3) is 0.0588. The Labute approximate surface area is 147 Å². The lowest BCUT2D eigenvalue weighted by Crippen LogP contribution is -2.32. The van der Waals surface area contributed by atoms with Crippen molar-refractivity contribution in [1.82, 2.24) is 0 Å². The maximum Gasteiger partial charge on any atom is 0.283 e. The molecular weight excluding hydrogens is 354 g/mol. The third-order valence-electron chi connectivity index (χ3n) is 3.57. The molecule has 2 aromatic carbocycles. The number of nitrogens with zero attached hydrogens (tertiary/aromatic N) is 1. The molecule has 24 heavy (non-hydrogen) atoms. The smallest absolute Gasteiger partial charge is 0.283 e. The number of benzene rings is 2. The molecule has 1 N–H and O–H groups in total. The third kappa shape index (κ3) is 2.88. The number of amides is 2. The van der Waals surface area contributed by atoms with Crippen LogP contribution in [0.5, 0.6) is 0 Å². The molecule has 1 aliphatic heterocycles. The van der Waals surface area contributed by atoms with E-state index in [0.29, 0.717) is 10.7 Å². The first-order valence-electron chi connectivity index (χ1n) is 6.96. The molecule has 0 aliphatic carbocycles. The number of aryl methyl sites for hydroxylation is 1. The highest BCUT2D eigenvalue weighted by Gasteiger charge is 2.39. The topological polar surface area (TPSA) is 49.4 Å². The lowest BCUT2D eigenvalue weighted by atomic mass is 10.2. The summed E-state index contributed by atoms with van der Waals surface area (Å²) in [5.74, 6) is -1.75. The van der Waals surface area contributed by atoms with Crippen molar-refractivity contribution >= 4 is 46.4 Å². The quantitative estimate of drug-likeness (QED) is 0.829. The van der Waals surface area contributed by atoms with Crippen molar-refractivity contribution < 1.29 is 14.0 Å². The van der Waals surface area contributed by atoms with Crippen LogP contribution in [0, 0.1) is 12.7 Å². The summed E-state index contributed by atoms with van der Waals surface area (Å²) in [7, 11) is 0. The number of nitrogens with one attached hydrogen (secondary N) is 1. The third-order valence-corrected chi connectivity index (χ3v) is 4.16. The van der Waals surface area contributed by atoms with Gasteiger partial charge in [-0.15, -0.1) is 0 Å². The second-order valence-corrected chi connectivity index (χ2v) is 6.01. The molecule has 0 bridgehead atoms. The maximum absolute atomic E-state index is 13.0. The maximum atomic E-state index is 13.0. The van der Waals surface area contributed by atoms with Gasteiger partial charge in [-0.3, -0.25) is 9.59 Å². The average Bonchev–Trinajstić information content (AvgIpc) is 2.76. The van der Waals surface area contributed by atoms with Crippen LogP contribution in [0.4, 0.5) is 15.8 Å². The van der Waals surface area contributed by atoms with E-state index in [0.717, 1.165) is 22.6 Å². The molecule has 1 aliphatic rings. The van der Waals surface area contributed by atoms with Crippen LogP contribution < -0.4 is 10.2 Å². The lowest BCUT2D eigenvalue weighted by Gasteiger charge is -2.15. The van der Waals surface area contributed by atoms with E-state index in [9.17, 15) is 14.0 Å². The summed E-state index contributed by atoms with van der Waals surface area (Å²) >= 11 is 12.0. The fourth-order valence-electron chi connectivity index (χ4n) is 2.30. The molecule has 0 radical (unpaired) electrons. The lowest BCUT2D eigenvalue weighted by molar-refractivity contribution is -0.120. The van der Waals surface area contributed by atoms with Gasteiger partial charge in [0.05, 0.1) is 5.69 Å². The minimum absolute atomic E-state index is 0.0450. The van der Waals surface area contributed by atoms with Crippen LogP contribution in [0.3, 0.4) is 0 Å². The molecule has 0 fully saturated rings. The van der Waals surface area contributed by atoms with Crippen LogP contribution in [-0.4, -0.2) is 11.8 Å². The molecule has 7 heteroatoms. The van der Waals surface area contributed by atoms with E-state index >= 15 is 0 Å². The van der Waals surface area contributed by atoms with Crippen molar-refractivity contribution in [3.05, 3.63) is 69.6 Å². The van der Waals surface area contributed by atoms with Gasteiger partial charge in [0, 0.05) is 10.7 Å². The van der Waals surface area contributed by atoms with E-state index in [1.165, 1.54) is 12.1 Å². The van der Waals surface area contributed by atoms with E-state index < -0.39 is 17.6 Å². The first kappa shape index (κ1) is 16.5. The zero-order valence-electron chi connectivity index (χ0n) is 12.4. The molecular formula is C17H11Cl2FN2O2. The molecule has 0 atom stereocenters. The highest BCUT2D eigenvalue weighted by molar-refractivity contribution is 6.53. The highest BCUT2D eigenvalue weighted by Crippen LogP contribution is 2.31. The Hall–Kier alpha value is -2.37. The number of carbonyl (C=O) groups excluding carboxylic acids is 2. The molecule has 0 spiro atoms. The summed E-state index contributed by atoms with van der Waals surface area (Å²) in [4.78, 5) is 25.8. The van der Waals surface area contributed by atoms with Gasteiger partial charge in [-0.2, -0.15) is 0 Å². The molecule has 0 saturated carbocycles. The SMILES string of the molecule is Cc1ccc(Cl)cc1NC1=C(Cl)C(=O)N(c2ccc(F)cc2)C1=O. The Kier molecular flexibility index (Phi) is 4.30. The number of hydrogen-bond acceptors (Lipinski definition) is 3. The minimum atomic E-state index is -0.671. The van der Waals surface area contributed by atoms with Gasteiger partial charge in [0.25, 0.3) is 11.8 Å². The van der Waals surface area contributed by atoms with Gasteiger partial charge in [-0.25, -0.2) is 9.29 Å². The molecule has 2 aromatic rings. The van der Waals surface area contributed by atoms with E-state index in [-0.39, 0.29) is 16.4 Å². The van der Waals surface area contributed by atoms with Gasteiger partial charge in [-0.05, 0) is 48.9 Å². The monoisotopic (exact) mass is 364 g/mol. The van der Waals surface area contributed by atoms with E-state index in [1.807, 2.05) is 6.92 Å². The standard InChI is InChI=1S/C17H11Cl2FN2O2/c1-9-2-3-10(18)8-13(9)21-15-14(19)16(23)22(17(15)24)12-6-4-11(20)5-7-12/h2-8,21H,1H3. The first-order chi connectivity index (χ1) is 11.4. The van der Waals surface area contributed by atoms with E-state index in [1.54, 1.807) is 18.2 Å². The Morgan fingerprint density at radius 3 is 2.33 bits per heavy atom. The number of halogens is 3. The predicted molar refractivity (Wildman–Crippen MR) is 91.6 cm³/mol. The normalized spacial score (nSPS) is 14.6. The van der Waals surface area contributed by atoms with Crippen molar-refractivity contribution in [3.63, 3.8) is 0 Å². The Morgan fingerprint density at radius 2 is 1.67 bits per heavy atom. The van der Waals surface area contributed by atoms with Crippen molar-refractivity contribution in [2.24, 2.45) is 0 Å². The fourth-order valence-corrected chi connectivity index (χ4v) is 2.68. The first-order valence-corrected chi connectivity index (χ1v) is 7.71. The van der Waals surface area contributed by atoms with Crippen LogP contribution in [-0.2, 0) is 9.59 Å². The largest absolute Gasteiger partial charge is 0.349 e. The average molecular weight is 365 g/mol. The van der Waals surface area contributed by atoms with Gasteiger partial charge in [0.15, 0.2) is 0 Å². The van der Waals surface area contributed by atoms with Crippen LogP contribution in [0.15, 0.2) is 53.2 Å². The number of anilines is 2. The Morgan fingerprint density at radius 1 is 1.00 bits per heavy atom. The number of imide groups is 1. The highest BCUT2D eigenvalue weighted by atomic mass is 35.5. The van der Waals surface area contributed by atoms with Crippen LogP contribution in [0.2, 0.25) is 5.02 Å². The molecule has 2 amide bonds. The van der Waals surface area contributed by atoms with Crippen LogP contribution in [0.1, 0.15) is 5.56 Å². The van der Waals surface area contributed by atoms with Crippen molar-refractivity contribution in [1.29, 1.82) is 0 Å². The summed E-state index contributed by atoms with van der Waals surface area (Å²) in [6, 6.07) is 10.1. The van der Waals surface area contributed by atoms with Gasteiger partial charge in [0.1, 0.15) is 16.5 Å². The zero-order chi connectivity index (χ0) is 17.4. The van der Waals surface area contributed by atoms with Crippen LogP contribution >= 0.6 is 23.2 Å². The Bertz CT molecular complexity index is 879. The second kappa shape index (κ2) is 6.26. The predicted octanol–water partition coefficient (Wildman–Crippen LogP) is 4.22. The summed E-state index contributed by atoms with van der Waals surface area (Å²) in [5.41, 5.74) is 1.59. The number of rotatable bonds is 3. The molecule has 0 aromatic heterocycles. The van der Waals surface area contributed by atoms with Crippen molar-refractivity contribution in [2.45, 2.75) is 6.92 Å². The molecule has 0 saturated heterocycles. The molecule has 1 heterocycles. The van der Waals surface area contributed by atoms with E-state index in [4.69, 9.17) is 23.2 Å². The molecule has 0 unspecified atom stereocenters. The summed E-state index contributed by atoms with van der Waals surface area (Å²) in [5, 5.41) is 3.11. The number of hydrogen-bond donors (Lipinski definition) is 1. The van der Waals surface area contributed by atoms with Gasteiger partial charge < -0.3 is 5.32 Å². The van der Waals surface area contributed by atoms with Gasteiger partial charge in [0.2, 0.25) is 0 Å². The van der Waals surface area contributed by atoms with Gasteiger partial charge >= 0.3 is 0 Å². The van der Waals surface area contributed by atoms with Crippen molar-refractivity contribution in [2.75, 3.05) is 10.2 Å². The summed E-state index contributed by atoms with van der Waals surface area (Å²) < 4.78 is 13.0. The van der Waals surface area contributed by atoms with Crippen molar-refractivity contribution in [3.8, 4) is 0 Å². The zero-order valence-corrected chi connectivity index (χ0v) is 14.0. The van der Waals surface area contributed by atoms with Crippen LogP contribution in [0.25, 0.3) is 0 Å². The minimum Gasteiger partial charge on any atom is -0.349 e. The van der Waals surface area contributed by atoms with E-state index in [2.05, 4.69) is 5.32 Å². The number of carbonyl (C=O) groups is 2. The molecule has 3 rings (SSSR count). The summed E-state index contributed by atoms with van der Waals surface area (Å²) in [6.45, 7) is 1.83. The molecule has 122 valence electrons. The summed E-state index contributed by atoms with van der Waals surface area (Å²) in [6.07, 6.45) is 0. The van der Waals surface area contributed by atoms with Gasteiger partial charge in [-0.1, -0.05) is 29.3 Å². The second-order valence-electron chi connectivity index (χ2n) is 5.20. The Balaban J connectivity index is 1.94. The molecule has 4 nitrogen and oxygen atoms in total.